The SMILES string of the molecule is O=C(Nc1cc2c(c(C(=O)N3CCOCC3)c1)OCCCO2)c1cc2cc(Cl)ccc2[nH]1.O=C(O)c1cc2cc(Cl)ccc2[nH]1. The maximum absolute atomic E-state index is 13.2. The van der Waals surface area contributed by atoms with E-state index in [-0.39, 0.29) is 17.5 Å². The van der Waals surface area contributed by atoms with E-state index in [1.165, 1.54) is 0 Å². The van der Waals surface area contributed by atoms with Crippen LogP contribution >= 0.6 is 23.2 Å². The van der Waals surface area contributed by atoms with Gasteiger partial charge in [-0.05, 0) is 54.6 Å². The van der Waals surface area contributed by atoms with Crippen molar-refractivity contribution in [2.45, 2.75) is 6.42 Å². The van der Waals surface area contributed by atoms with E-state index in [1.54, 1.807) is 59.5 Å². The third-order valence-electron chi connectivity index (χ3n) is 7.27. The summed E-state index contributed by atoms with van der Waals surface area (Å²) < 4.78 is 17.0. The van der Waals surface area contributed by atoms with Crippen LogP contribution in [0.1, 0.15) is 37.8 Å². The molecule has 0 bridgehead atoms. The number of carbonyl (C=O) groups excluding carboxylic acids is 2. The first-order valence-corrected chi connectivity index (χ1v) is 14.9. The van der Waals surface area contributed by atoms with Crippen LogP contribution < -0.4 is 14.8 Å². The van der Waals surface area contributed by atoms with E-state index in [2.05, 4.69) is 15.3 Å². The second-order valence-electron chi connectivity index (χ2n) is 10.4. The molecule has 3 aromatic carbocycles. The summed E-state index contributed by atoms with van der Waals surface area (Å²) in [5, 5.41) is 14.4. The fourth-order valence-corrected chi connectivity index (χ4v) is 5.45. The van der Waals surface area contributed by atoms with Crippen LogP contribution in [0.4, 0.5) is 5.69 Å². The summed E-state index contributed by atoms with van der Waals surface area (Å²) in [6.07, 6.45) is 0.708. The van der Waals surface area contributed by atoms with E-state index in [9.17, 15) is 14.4 Å². The topological polar surface area (TPSA) is 146 Å². The minimum atomic E-state index is -0.965. The first-order chi connectivity index (χ1) is 21.7. The summed E-state index contributed by atoms with van der Waals surface area (Å²) in [6, 6.07) is 17.2. The number of morpholine rings is 1. The zero-order valence-corrected chi connectivity index (χ0v) is 25.3. The predicted octanol–water partition coefficient (Wildman–Crippen LogP) is 6.23. The number of H-pyrrole nitrogens is 2. The molecule has 2 aromatic heterocycles. The molecule has 4 heterocycles. The molecule has 4 N–H and O–H groups in total. The third kappa shape index (κ3) is 6.85. The number of benzene rings is 3. The Morgan fingerprint density at radius 1 is 0.778 bits per heavy atom. The molecule has 7 rings (SSSR count). The molecule has 232 valence electrons. The highest BCUT2D eigenvalue weighted by Crippen LogP contribution is 2.38. The Labute approximate surface area is 267 Å². The van der Waals surface area contributed by atoms with E-state index < -0.39 is 5.97 Å². The molecule has 0 atom stereocenters. The van der Waals surface area contributed by atoms with E-state index >= 15 is 0 Å². The second kappa shape index (κ2) is 13.1. The number of aromatic amines is 2. The zero-order valence-electron chi connectivity index (χ0n) is 23.8. The molecule has 1 fully saturated rings. The first kappa shape index (κ1) is 30.3. The number of nitrogens with zero attached hydrogens (tertiary/aromatic N) is 1. The lowest BCUT2D eigenvalue weighted by molar-refractivity contribution is 0.0300. The quantitative estimate of drug-likeness (QED) is 0.180. The van der Waals surface area contributed by atoms with Crippen molar-refractivity contribution >= 4 is 68.5 Å². The van der Waals surface area contributed by atoms with Crippen LogP contribution in [-0.4, -0.2) is 77.3 Å². The fourth-order valence-electron chi connectivity index (χ4n) is 5.08. The molecule has 0 aliphatic carbocycles. The van der Waals surface area contributed by atoms with Gasteiger partial charge in [0.05, 0.1) is 32.0 Å². The lowest BCUT2D eigenvalue weighted by Crippen LogP contribution is -2.40. The highest BCUT2D eigenvalue weighted by Gasteiger charge is 2.27. The maximum atomic E-state index is 13.2. The van der Waals surface area contributed by atoms with Crippen molar-refractivity contribution in [3.8, 4) is 11.5 Å². The lowest BCUT2D eigenvalue weighted by atomic mass is 10.1. The summed E-state index contributed by atoms with van der Waals surface area (Å²) in [7, 11) is 0. The summed E-state index contributed by atoms with van der Waals surface area (Å²) in [6.45, 7) is 2.92. The number of fused-ring (bicyclic) bond motifs is 3. The Morgan fingerprint density at radius 3 is 2.07 bits per heavy atom. The monoisotopic (exact) mass is 650 g/mol. The number of hydrogen-bond donors (Lipinski definition) is 4. The van der Waals surface area contributed by atoms with Gasteiger partial charge in [0.25, 0.3) is 11.8 Å². The maximum Gasteiger partial charge on any atom is 0.352 e. The van der Waals surface area contributed by atoms with Crippen molar-refractivity contribution in [2.24, 2.45) is 0 Å². The summed E-state index contributed by atoms with van der Waals surface area (Å²) in [5.74, 6) is -0.618. The van der Waals surface area contributed by atoms with Gasteiger partial charge in [-0.15, -0.1) is 0 Å². The summed E-state index contributed by atoms with van der Waals surface area (Å²) in [5.41, 5.74) is 2.97. The third-order valence-corrected chi connectivity index (χ3v) is 7.74. The number of halogens is 2. The van der Waals surface area contributed by atoms with Crippen LogP contribution in [-0.2, 0) is 4.74 Å². The Bertz CT molecular complexity index is 1910. The van der Waals surface area contributed by atoms with E-state index in [0.29, 0.717) is 84.4 Å². The average Bonchev–Trinajstić information content (AvgIpc) is 3.58. The van der Waals surface area contributed by atoms with Crippen LogP contribution in [0, 0.1) is 0 Å². The molecule has 0 spiro atoms. The van der Waals surface area contributed by atoms with Crippen molar-refractivity contribution in [3.63, 3.8) is 0 Å². The Balaban J connectivity index is 0.000000229. The second-order valence-corrected chi connectivity index (χ2v) is 11.3. The van der Waals surface area contributed by atoms with Gasteiger partial charge < -0.3 is 39.5 Å². The van der Waals surface area contributed by atoms with Gasteiger partial charge in [-0.3, -0.25) is 9.59 Å². The number of rotatable bonds is 4. The van der Waals surface area contributed by atoms with Gasteiger partial charge >= 0.3 is 5.97 Å². The zero-order chi connectivity index (χ0) is 31.5. The van der Waals surface area contributed by atoms with Gasteiger partial charge in [-0.1, -0.05) is 23.2 Å². The van der Waals surface area contributed by atoms with Gasteiger partial charge in [-0.25, -0.2) is 4.79 Å². The molecule has 0 saturated carbocycles. The van der Waals surface area contributed by atoms with Gasteiger partial charge in [0.1, 0.15) is 11.4 Å². The first-order valence-electron chi connectivity index (χ1n) is 14.2. The number of ether oxygens (including phenoxy) is 3. The molecule has 13 heteroatoms. The van der Waals surface area contributed by atoms with Crippen LogP contribution in [0.25, 0.3) is 21.8 Å². The molecule has 0 radical (unpaired) electrons. The molecule has 5 aromatic rings. The predicted molar refractivity (Wildman–Crippen MR) is 170 cm³/mol. The Morgan fingerprint density at radius 2 is 1.40 bits per heavy atom. The van der Waals surface area contributed by atoms with Gasteiger partial charge in [0, 0.05) is 63.1 Å². The van der Waals surface area contributed by atoms with Gasteiger partial charge in [0.2, 0.25) is 0 Å². The largest absolute Gasteiger partial charge is 0.489 e. The van der Waals surface area contributed by atoms with Gasteiger partial charge in [-0.2, -0.15) is 0 Å². The molecule has 2 aliphatic heterocycles. The van der Waals surface area contributed by atoms with Crippen LogP contribution in [0.3, 0.4) is 0 Å². The molecule has 11 nitrogen and oxygen atoms in total. The normalized spacial score (nSPS) is 14.4. The van der Waals surface area contributed by atoms with Crippen LogP contribution in [0.5, 0.6) is 11.5 Å². The molecule has 45 heavy (non-hydrogen) atoms. The molecule has 2 aliphatic rings. The number of aromatic carboxylic acids is 1. The standard InChI is InChI=1S/C23H22ClN3O5.C9H6ClNO2/c24-15-2-3-18-14(10-15)11-19(26-18)22(28)25-16-12-17(23(29)27-4-8-30-9-5-27)21-20(13-16)31-6-1-7-32-21;10-6-1-2-7-5(3-6)4-8(11-7)9(12)13/h2-3,10-13,26H,1,4-9H2,(H,25,28);1-4,11H,(H,12,13). The Kier molecular flexibility index (Phi) is 8.83. The van der Waals surface area contributed by atoms with Crippen molar-refractivity contribution < 1.29 is 33.7 Å². The summed E-state index contributed by atoms with van der Waals surface area (Å²) in [4.78, 5) is 44.3. The highest BCUT2D eigenvalue weighted by atomic mass is 35.5. The van der Waals surface area contributed by atoms with E-state index in [0.717, 1.165) is 21.8 Å². The van der Waals surface area contributed by atoms with Crippen LogP contribution in [0.15, 0.2) is 60.7 Å². The van der Waals surface area contributed by atoms with Crippen molar-refractivity contribution in [3.05, 3.63) is 87.7 Å². The number of nitrogens with one attached hydrogen (secondary N) is 3. The van der Waals surface area contributed by atoms with Crippen molar-refractivity contribution in [2.75, 3.05) is 44.8 Å². The number of carboxylic acid groups (broad SMARTS) is 1. The minimum absolute atomic E-state index is 0.175. The number of aromatic nitrogens is 2. The number of amides is 2. The Hall–Kier alpha value is -4.71. The lowest BCUT2D eigenvalue weighted by Gasteiger charge is -2.28. The summed E-state index contributed by atoms with van der Waals surface area (Å²) >= 11 is 11.8. The molecule has 2 amide bonds. The minimum Gasteiger partial charge on any atom is -0.489 e. The molecule has 0 unspecified atom stereocenters. The average molecular weight is 652 g/mol. The van der Waals surface area contributed by atoms with Gasteiger partial charge in [0.15, 0.2) is 11.5 Å². The van der Waals surface area contributed by atoms with Crippen LogP contribution in [0.2, 0.25) is 10.0 Å². The fraction of sp³-hybridized carbons (Fsp3) is 0.219. The molecular formula is C32H28Cl2N4O7. The number of carboxylic acids is 1. The van der Waals surface area contributed by atoms with Crippen molar-refractivity contribution in [1.82, 2.24) is 14.9 Å². The number of carbonyl (C=O) groups is 3. The molecular weight excluding hydrogens is 623 g/mol. The van der Waals surface area contributed by atoms with E-state index in [4.69, 9.17) is 42.5 Å². The highest BCUT2D eigenvalue weighted by molar-refractivity contribution is 6.31. The molecule has 1 saturated heterocycles. The number of hydrogen-bond acceptors (Lipinski definition) is 6. The van der Waals surface area contributed by atoms with Crippen molar-refractivity contribution in [1.29, 1.82) is 0 Å². The number of anilines is 1. The smallest absolute Gasteiger partial charge is 0.352 e. The van der Waals surface area contributed by atoms with E-state index in [1.807, 2.05) is 6.07 Å².